The number of hydrogen-bond donors (Lipinski definition) is 1. The van der Waals surface area contributed by atoms with E-state index in [2.05, 4.69) is 58.7 Å². The maximum Gasteiger partial charge on any atom is 0.251 e. The Morgan fingerprint density at radius 2 is 1.75 bits per heavy atom. The lowest BCUT2D eigenvalue weighted by atomic mass is 9.99. The first-order chi connectivity index (χ1) is 13.7. The molecule has 0 aliphatic carbocycles. The molecule has 0 atom stereocenters. The Morgan fingerprint density at radius 3 is 2.54 bits per heavy atom. The first-order valence-electron chi connectivity index (χ1n) is 9.63. The van der Waals surface area contributed by atoms with Crippen molar-refractivity contribution in [2.45, 2.75) is 19.4 Å². The number of halogens is 1. The molecule has 3 aromatic rings. The number of amides is 1. The molecule has 4 heteroatoms. The van der Waals surface area contributed by atoms with E-state index in [1.165, 1.54) is 34.5 Å². The second kappa shape index (κ2) is 8.26. The fourth-order valence-corrected chi connectivity index (χ4v) is 3.64. The van der Waals surface area contributed by atoms with E-state index in [-0.39, 0.29) is 5.91 Å². The molecule has 4 rings (SSSR count). The van der Waals surface area contributed by atoms with E-state index in [4.69, 9.17) is 0 Å². The van der Waals surface area contributed by atoms with Crippen molar-refractivity contribution in [3.05, 3.63) is 101 Å². The van der Waals surface area contributed by atoms with Crippen LogP contribution >= 0.6 is 0 Å². The van der Waals surface area contributed by atoms with Crippen molar-refractivity contribution >= 4 is 11.6 Å². The highest BCUT2D eigenvalue weighted by Crippen LogP contribution is 2.24. The van der Waals surface area contributed by atoms with Gasteiger partial charge in [0.1, 0.15) is 5.82 Å². The number of nitrogens with one attached hydrogen (secondary N) is 1. The Morgan fingerprint density at radius 1 is 0.964 bits per heavy atom. The highest BCUT2D eigenvalue weighted by atomic mass is 19.1. The van der Waals surface area contributed by atoms with E-state index in [0.717, 1.165) is 25.9 Å². The molecular formula is C24H23FN2O. The summed E-state index contributed by atoms with van der Waals surface area (Å²) < 4.78 is 13.2. The Hall–Kier alpha value is -3.14. The second-order valence-electron chi connectivity index (χ2n) is 7.12. The van der Waals surface area contributed by atoms with E-state index in [0.29, 0.717) is 12.1 Å². The van der Waals surface area contributed by atoms with Crippen LogP contribution in [0.25, 0.3) is 0 Å². The standard InChI is InChI=1S/C24H23FN2O/c25-22-7-3-6-20(16-22)24(28)26-14-12-18-8-10-23(11-9-18)27-15-13-19-4-1-2-5-21(19)17-27/h1-11,16H,12-15,17H2,(H,26,28). The predicted molar refractivity (Wildman–Crippen MR) is 110 cm³/mol. The normalized spacial score (nSPS) is 13.1. The zero-order valence-electron chi connectivity index (χ0n) is 15.7. The van der Waals surface area contributed by atoms with Crippen LogP contribution in [-0.2, 0) is 19.4 Å². The molecule has 0 fully saturated rings. The Balaban J connectivity index is 1.31. The molecule has 1 N–H and O–H groups in total. The molecule has 3 aromatic carbocycles. The molecule has 28 heavy (non-hydrogen) atoms. The van der Waals surface area contributed by atoms with E-state index >= 15 is 0 Å². The number of benzene rings is 3. The average Bonchev–Trinajstić information content (AvgIpc) is 2.74. The summed E-state index contributed by atoms with van der Waals surface area (Å²) in [4.78, 5) is 14.5. The van der Waals surface area contributed by atoms with E-state index in [1.54, 1.807) is 12.1 Å². The summed E-state index contributed by atoms with van der Waals surface area (Å²) in [6.45, 7) is 2.49. The van der Waals surface area contributed by atoms with Crippen LogP contribution in [0.5, 0.6) is 0 Å². The number of nitrogens with zero attached hydrogens (tertiary/aromatic N) is 1. The fraction of sp³-hybridized carbons (Fsp3) is 0.208. The quantitative estimate of drug-likeness (QED) is 0.720. The van der Waals surface area contributed by atoms with Gasteiger partial charge in [0.15, 0.2) is 0 Å². The van der Waals surface area contributed by atoms with Crippen LogP contribution in [0.15, 0.2) is 72.8 Å². The van der Waals surface area contributed by atoms with Crippen LogP contribution in [0.4, 0.5) is 10.1 Å². The Labute approximate surface area is 164 Å². The first kappa shape index (κ1) is 18.2. The third kappa shape index (κ3) is 4.22. The van der Waals surface area contributed by atoms with Crippen molar-refractivity contribution in [1.29, 1.82) is 0 Å². The van der Waals surface area contributed by atoms with E-state index in [1.807, 2.05) is 0 Å². The summed E-state index contributed by atoms with van der Waals surface area (Å²) in [6, 6.07) is 22.9. The van der Waals surface area contributed by atoms with Gasteiger partial charge in [-0.2, -0.15) is 0 Å². The molecule has 0 spiro atoms. The summed E-state index contributed by atoms with van der Waals surface area (Å²) in [6.07, 6.45) is 1.81. The minimum Gasteiger partial charge on any atom is -0.367 e. The van der Waals surface area contributed by atoms with Gasteiger partial charge < -0.3 is 10.2 Å². The highest BCUT2D eigenvalue weighted by molar-refractivity contribution is 5.94. The van der Waals surface area contributed by atoms with Gasteiger partial charge in [0.2, 0.25) is 0 Å². The number of rotatable bonds is 5. The lowest BCUT2D eigenvalue weighted by Gasteiger charge is -2.30. The second-order valence-corrected chi connectivity index (χ2v) is 7.12. The average molecular weight is 374 g/mol. The monoisotopic (exact) mass is 374 g/mol. The van der Waals surface area contributed by atoms with Crippen LogP contribution in [0.3, 0.4) is 0 Å². The molecule has 0 bridgehead atoms. The summed E-state index contributed by atoms with van der Waals surface area (Å²) >= 11 is 0. The van der Waals surface area contributed by atoms with Crippen molar-refractivity contribution in [1.82, 2.24) is 5.32 Å². The van der Waals surface area contributed by atoms with Gasteiger partial charge in [-0.15, -0.1) is 0 Å². The number of hydrogen-bond acceptors (Lipinski definition) is 2. The van der Waals surface area contributed by atoms with Gasteiger partial charge in [0, 0.05) is 30.9 Å². The molecule has 0 radical (unpaired) electrons. The SMILES string of the molecule is O=C(NCCc1ccc(N2CCc3ccccc3C2)cc1)c1cccc(F)c1. The molecule has 1 aliphatic heterocycles. The molecule has 1 amide bonds. The molecule has 3 nitrogen and oxygen atoms in total. The van der Waals surface area contributed by atoms with Crippen molar-refractivity contribution < 1.29 is 9.18 Å². The molecule has 0 saturated heterocycles. The Bertz CT molecular complexity index is 968. The molecular weight excluding hydrogens is 351 g/mol. The number of anilines is 1. The molecule has 1 aliphatic rings. The molecule has 142 valence electrons. The Kier molecular flexibility index (Phi) is 5.38. The zero-order valence-corrected chi connectivity index (χ0v) is 15.7. The lowest BCUT2D eigenvalue weighted by molar-refractivity contribution is 0.0953. The van der Waals surface area contributed by atoms with Crippen LogP contribution in [0.1, 0.15) is 27.0 Å². The van der Waals surface area contributed by atoms with Gasteiger partial charge in [-0.25, -0.2) is 4.39 Å². The highest BCUT2D eigenvalue weighted by Gasteiger charge is 2.15. The van der Waals surface area contributed by atoms with Crippen LogP contribution < -0.4 is 10.2 Å². The van der Waals surface area contributed by atoms with Crippen molar-refractivity contribution in [3.63, 3.8) is 0 Å². The lowest BCUT2D eigenvalue weighted by Crippen LogP contribution is -2.30. The van der Waals surface area contributed by atoms with Crippen LogP contribution in [0, 0.1) is 5.82 Å². The van der Waals surface area contributed by atoms with Crippen LogP contribution in [-0.4, -0.2) is 19.0 Å². The van der Waals surface area contributed by atoms with Gasteiger partial charge in [-0.1, -0.05) is 42.5 Å². The number of carbonyl (C=O) groups excluding carboxylic acids is 1. The van der Waals surface area contributed by atoms with Crippen molar-refractivity contribution in [3.8, 4) is 0 Å². The van der Waals surface area contributed by atoms with E-state index in [9.17, 15) is 9.18 Å². The predicted octanol–water partition coefficient (Wildman–Crippen LogP) is 4.36. The zero-order chi connectivity index (χ0) is 19.3. The number of fused-ring (bicyclic) bond motifs is 1. The topological polar surface area (TPSA) is 32.3 Å². The molecule has 0 saturated carbocycles. The van der Waals surface area contributed by atoms with Crippen molar-refractivity contribution in [2.75, 3.05) is 18.0 Å². The van der Waals surface area contributed by atoms with Gasteiger partial charge in [-0.3, -0.25) is 4.79 Å². The molecule has 0 unspecified atom stereocenters. The van der Waals surface area contributed by atoms with E-state index < -0.39 is 5.82 Å². The fourth-order valence-electron chi connectivity index (χ4n) is 3.64. The van der Waals surface area contributed by atoms with Gasteiger partial charge in [0.05, 0.1) is 0 Å². The smallest absolute Gasteiger partial charge is 0.251 e. The molecule has 1 heterocycles. The summed E-state index contributed by atoms with van der Waals surface area (Å²) in [7, 11) is 0. The number of carbonyl (C=O) groups is 1. The third-order valence-corrected chi connectivity index (χ3v) is 5.22. The van der Waals surface area contributed by atoms with Gasteiger partial charge >= 0.3 is 0 Å². The first-order valence-corrected chi connectivity index (χ1v) is 9.63. The summed E-state index contributed by atoms with van der Waals surface area (Å²) in [5.41, 5.74) is 5.59. The minimum atomic E-state index is -0.399. The summed E-state index contributed by atoms with van der Waals surface area (Å²) in [5.74, 6) is -0.647. The molecule has 0 aromatic heterocycles. The minimum absolute atomic E-state index is 0.247. The largest absolute Gasteiger partial charge is 0.367 e. The maximum absolute atomic E-state index is 13.2. The van der Waals surface area contributed by atoms with Crippen LogP contribution in [0.2, 0.25) is 0 Å². The van der Waals surface area contributed by atoms with Gasteiger partial charge in [-0.05, 0) is 59.9 Å². The third-order valence-electron chi connectivity index (χ3n) is 5.22. The van der Waals surface area contributed by atoms with Gasteiger partial charge in [0.25, 0.3) is 5.91 Å². The van der Waals surface area contributed by atoms with Crippen molar-refractivity contribution in [2.24, 2.45) is 0 Å². The summed E-state index contributed by atoms with van der Waals surface area (Å²) in [5, 5.41) is 2.85. The maximum atomic E-state index is 13.2.